The summed E-state index contributed by atoms with van der Waals surface area (Å²) in [6.07, 6.45) is 1.85. The summed E-state index contributed by atoms with van der Waals surface area (Å²) in [6.45, 7) is 5.55. The molecule has 0 N–H and O–H groups in total. The van der Waals surface area contributed by atoms with Crippen LogP contribution in [-0.4, -0.2) is 23.9 Å². The average molecular weight is 274 g/mol. The van der Waals surface area contributed by atoms with E-state index in [1.165, 1.54) is 0 Å². The molecule has 1 aromatic carbocycles. The number of carbonyl (C=O) groups is 1. The number of benzene rings is 1. The first-order chi connectivity index (χ1) is 8.11. The zero-order valence-electron chi connectivity index (χ0n) is 10.2. The molecule has 1 rings (SSSR count). The van der Waals surface area contributed by atoms with Gasteiger partial charge in [-0.1, -0.05) is 43.1 Å². The van der Waals surface area contributed by atoms with Crippen LogP contribution in [0.25, 0.3) is 0 Å². The molecule has 0 fully saturated rings. The Labute approximate surface area is 113 Å². The molecule has 0 saturated heterocycles. The van der Waals surface area contributed by atoms with Crippen LogP contribution in [0.15, 0.2) is 18.2 Å². The second-order valence-electron chi connectivity index (χ2n) is 3.89. The largest absolute Gasteiger partial charge is 0.339 e. The molecular formula is C13H17Cl2NO. The van der Waals surface area contributed by atoms with Crippen molar-refractivity contribution in [3.8, 4) is 0 Å². The van der Waals surface area contributed by atoms with Crippen LogP contribution < -0.4 is 0 Å². The van der Waals surface area contributed by atoms with Gasteiger partial charge in [0, 0.05) is 13.1 Å². The average Bonchev–Trinajstić information content (AvgIpc) is 2.28. The predicted octanol–water partition coefficient (Wildman–Crippen LogP) is 4.26. The van der Waals surface area contributed by atoms with Gasteiger partial charge in [-0.3, -0.25) is 4.79 Å². The van der Waals surface area contributed by atoms with Crippen molar-refractivity contribution in [2.75, 3.05) is 13.1 Å². The van der Waals surface area contributed by atoms with E-state index in [2.05, 4.69) is 0 Å². The van der Waals surface area contributed by atoms with Crippen molar-refractivity contribution in [3.05, 3.63) is 33.8 Å². The number of hydrogen-bond acceptors (Lipinski definition) is 1. The van der Waals surface area contributed by atoms with E-state index in [4.69, 9.17) is 23.2 Å². The maximum Gasteiger partial charge on any atom is 0.256 e. The van der Waals surface area contributed by atoms with E-state index >= 15 is 0 Å². The van der Waals surface area contributed by atoms with E-state index in [-0.39, 0.29) is 5.91 Å². The number of hydrogen-bond donors (Lipinski definition) is 0. The maximum absolute atomic E-state index is 12.3. The molecular weight excluding hydrogens is 257 g/mol. The summed E-state index contributed by atoms with van der Waals surface area (Å²) in [5, 5.41) is 0.833. The summed E-state index contributed by atoms with van der Waals surface area (Å²) in [4.78, 5) is 14.1. The van der Waals surface area contributed by atoms with E-state index in [9.17, 15) is 4.79 Å². The topological polar surface area (TPSA) is 20.3 Å². The first-order valence-electron chi connectivity index (χ1n) is 5.85. The van der Waals surface area contributed by atoms with E-state index in [0.29, 0.717) is 15.6 Å². The van der Waals surface area contributed by atoms with Gasteiger partial charge in [-0.2, -0.15) is 0 Å². The Balaban J connectivity index is 3.00. The fraction of sp³-hybridized carbons (Fsp3) is 0.462. The molecule has 0 aliphatic heterocycles. The lowest BCUT2D eigenvalue weighted by atomic mass is 10.2. The Morgan fingerprint density at radius 2 is 1.59 bits per heavy atom. The zero-order valence-corrected chi connectivity index (χ0v) is 11.7. The smallest absolute Gasteiger partial charge is 0.256 e. The lowest BCUT2D eigenvalue weighted by Crippen LogP contribution is -2.32. The SMILES string of the molecule is CCCN(CCC)C(=O)c1c(Cl)cccc1Cl. The van der Waals surface area contributed by atoms with E-state index in [1.54, 1.807) is 23.1 Å². The van der Waals surface area contributed by atoms with Crippen LogP contribution in [-0.2, 0) is 0 Å². The van der Waals surface area contributed by atoms with Crippen molar-refractivity contribution in [3.63, 3.8) is 0 Å². The van der Waals surface area contributed by atoms with Crippen molar-refractivity contribution in [2.45, 2.75) is 26.7 Å². The van der Waals surface area contributed by atoms with Gasteiger partial charge in [-0.15, -0.1) is 0 Å². The molecule has 0 aliphatic carbocycles. The number of rotatable bonds is 5. The van der Waals surface area contributed by atoms with E-state index in [0.717, 1.165) is 25.9 Å². The summed E-state index contributed by atoms with van der Waals surface area (Å²) in [5.41, 5.74) is 0.415. The van der Waals surface area contributed by atoms with Gasteiger partial charge in [0.1, 0.15) is 0 Å². The fourth-order valence-corrected chi connectivity index (χ4v) is 2.27. The Bertz CT molecular complexity index is 367. The Morgan fingerprint density at radius 3 is 2.00 bits per heavy atom. The number of nitrogens with zero attached hydrogens (tertiary/aromatic N) is 1. The van der Waals surface area contributed by atoms with Crippen LogP contribution >= 0.6 is 23.2 Å². The van der Waals surface area contributed by atoms with Crippen LogP contribution in [0.2, 0.25) is 10.0 Å². The fourth-order valence-electron chi connectivity index (χ4n) is 1.71. The summed E-state index contributed by atoms with van der Waals surface area (Å²) < 4.78 is 0. The molecule has 4 heteroatoms. The van der Waals surface area contributed by atoms with Gasteiger partial charge in [0.25, 0.3) is 5.91 Å². The van der Waals surface area contributed by atoms with Crippen molar-refractivity contribution >= 4 is 29.1 Å². The Kier molecular flexibility index (Phi) is 5.79. The van der Waals surface area contributed by atoms with E-state index in [1.807, 2.05) is 13.8 Å². The molecule has 0 unspecified atom stereocenters. The molecule has 0 spiro atoms. The molecule has 0 radical (unpaired) electrons. The van der Waals surface area contributed by atoms with Crippen molar-refractivity contribution in [2.24, 2.45) is 0 Å². The van der Waals surface area contributed by atoms with Crippen LogP contribution in [0.5, 0.6) is 0 Å². The van der Waals surface area contributed by atoms with Gasteiger partial charge in [-0.05, 0) is 25.0 Å². The molecule has 0 aromatic heterocycles. The van der Waals surface area contributed by atoms with Crippen LogP contribution in [0.1, 0.15) is 37.0 Å². The lowest BCUT2D eigenvalue weighted by Gasteiger charge is -2.22. The first-order valence-corrected chi connectivity index (χ1v) is 6.60. The molecule has 0 bridgehead atoms. The Morgan fingerprint density at radius 1 is 1.12 bits per heavy atom. The molecule has 1 aromatic rings. The molecule has 0 saturated carbocycles. The minimum absolute atomic E-state index is 0.0794. The van der Waals surface area contributed by atoms with Gasteiger partial charge in [-0.25, -0.2) is 0 Å². The highest BCUT2D eigenvalue weighted by molar-refractivity contribution is 6.39. The molecule has 94 valence electrons. The van der Waals surface area contributed by atoms with Gasteiger partial charge in [0.2, 0.25) is 0 Å². The predicted molar refractivity (Wildman–Crippen MR) is 72.9 cm³/mol. The highest BCUT2D eigenvalue weighted by Gasteiger charge is 2.19. The number of amides is 1. The van der Waals surface area contributed by atoms with Crippen LogP contribution in [0.3, 0.4) is 0 Å². The van der Waals surface area contributed by atoms with Gasteiger partial charge in [0.15, 0.2) is 0 Å². The quantitative estimate of drug-likeness (QED) is 0.785. The van der Waals surface area contributed by atoms with Crippen LogP contribution in [0.4, 0.5) is 0 Å². The second kappa shape index (κ2) is 6.87. The van der Waals surface area contributed by atoms with Crippen molar-refractivity contribution < 1.29 is 4.79 Å². The third-order valence-corrected chi connectivity index (χ3v) is 3.08. The number of halogens is 2. The Hall–Kier alpha value is -0.730. The third kappa shape index (κ3) is 3.62. The number of carbonyl (C=O) groups excluding carboxylic acids is 1. The molecule has 2 nitrogen and oxygen atoms in total. The standard InChI is InChI=1S/C13H17Cl2NO/c1-3-8-16(9-4-2)13(17)12-10(14)6-5-7-11(12)15/h5-7H,3-4,8-9H2,1-2H3. The summed E-state index contributed by atoms with van der Waals surface area (Å²) >= 11 is 12.1. The molecule has 0 aliphatic rings. The normalized spacial score (nSPS) is 10.4. The van der Waals surface area contributed by atoms with Crippen molar-refractivity contribution in [1.29, 1.82) is 0 Å². The minimum atomic E-state index is -0.0794. The maximum atomic E-state index is 12.3. The van der Waals surface area contributed by atoms with Gasteiger partial charge < -0.3 is 4.90 Å². The molecule has 0 atom stereocenters. The third-order valence-electron chi connectivity index (χ3n) is 2.45. The minimum Gasteiger partial charge on any atom is -0.339 e. The summed E-state index contributed by atoms with van der Waals surface area (Å²) in [6, 6.07) is 5.12. The van der Waals surface area contributed by atoms with Crippen molar-refractivity contribution in [1.82, 2.24) is 4.90 Å². The molecule has 1 amide bonds. The monoisotopic (exact) mass is 273 g/mol. The molecule has 17 heavy (non-hydrogen) atoms. The van der Waals surface area contributed by atoms with Gasteiger partial charge >= 0.3 is 0 Å². The van der Waals surface area contributed by atoms with Gasteiger partial charge in [0.05, 0.1) is 15.6 Å². The van der Waals surface area contributed by atoms with Crippen LogP contribution in [0, 0.1) is 0 Å². The summed E-state index contributed by atoms with van der Waals surface area (Å²) in [7, 11) is 0. The second-order valence-corrected chi connectivity index (χ2v) is 4.70. The zero-order chi connectivity index (χ0) is 12.8. The molecule has 0 heterocycles. The van der Waals surface area contributed by atoms with E-state index < -0.39 is 0 Å². The first kappa shape index (κ1) is 14.3. The summed E-state index contributed by atoms with van der Waals surface area (Å²) in [5.74, 6) is -0.0794. The highest BCUT2D eigenvalue weighted by atomic mass is 35.5. The lowest BCUT2D eigenvalue weighted by molar-refractivity contribution is 0.0756. The highest BCUT2D eigenvalue weighted by Crippen LogP contribution is 2.25.